The summed E-state index contributed by atoms with van der Waals surface area (Å²) in [5, 5.41) is 6.21. The number of H-pyrrole nitrogens is 2. The van der Waals surface area contributed by atoms with Gasteiger partial charge in [-0.15, -0.1) is 0 Å². The zero-order chi connectivity index (χ0) is 36.8. The van der Waals surface area contributed by atoms with Gasteiger partial charge in [-0.3, -0.25) is 24.4 Å². The zero-order valence-corrected chi connectivity index (χ0v) is 30.3. The highest BCUT2D eigenvalue weighted by molar-refractivity contribution is 5.84. The molecule has 2 amide bonds. The lowest BCUT2D eigenvalue weighted by atomic mass is 10.0. The predicted molar refractivity (Wildman–Crippen MR) is 204 cm³/mol. The van der Waals surface area contributed by atoms with E-state index in [1.165, 1.54) is 0 Å². The number of hydrogen-bond donors (Lipinski definition) is 4. The second-order valence-electron chi connectivity index (χ2n) is 13.4. The SMILES string of the molecule is C[C@H](NC(=O)[C@@H](c1ccccc1)N(C)C)c1ncc(-c2ccc(-c3ccc(-c4cnc([C@H](C)NC(=O)[C@@H](c5ccccc5)N(C)C)[nH]4)cn3)cc2)[nH]1. The van der Waals surface area contributed by atoms with Crippen LogP contribution in [0.15, 0.2) is 116 Å². The van der Waals surface area contributed by atoms with Crippen molar-refractivity contribution < 1.29 is 9.59 Å². The van der Waals surface area contributed by atoms with Crippen LogP contribution in [-0.2, 0) is 9.59 Å². The Balaban J connectivity index is 1.07. The molecule has 0 saturated carbocycles. The molecule has 4 N–H and O–H groups in total. The number of hydrogen-bond acceptors (Lipinski definition) is 7. The second-order valence-corrected chi connectivity index (χ2v) is 13.4. The van der Waals surface area contributed by atoms with Gasteiger partial charge >= 0.3 is 0 Å². The molecule has 0 fully saturated rings. The first kappa shape index (κ1) is 35.9. The molecular weight excluding hydrogens is 651 g/mol. The van der Waals surface area contributed by atoms with Gasteiger partial charge in [0.25, 0.3) is 0 Å². The van der Waals surface area contributed by atoms with Gasteiger partial charge < -0.3 is 20.6 Å². The number of carbonyl (C=O) groups excluding carboxylic acids is 2. The minimum absolute atomic E-state index is 0.0895. The number of benzene rings is 3. The van der Waals surface area contributed by atoms with Crippen molar-refractivity contribution in [3.05, 3.63) is 138 Å². The molecule has 0 saturated heterocycles. The van der Waals surface area contributed by atoms with Crippen molar-refractivity contribution in [2.45, 2.75) is 38.0 Å². The van der Waals surface area contributed by atoms with Gasteiger partial charge in [0, 0.05) is 17.3 Å². The van der Waals surface area contributed by atoms with Crippen LogP contribution in [0.5, 0.6) is 0 Å². The van der Waals surface area contributed by atoms with E-state index in [0.29, 0.717) is 11.6 Å². The summed E-state index contributed by atoms with van der Waals surface area (Å²) in [6, 6.07) is 30.1. The smallest absolute Gasteiger partial charge is 0.242 e. The lowest BCUT2D eigenvalue weighted by Gasteiger charge is -2.25. The van der Waals surface area contributed by atoms with Gasteiger partial charge in [-0.25, -0.2) is 9.97 Å². The number of imidazole rings is 2. The van der Waals surface area contributed by atoms with E-state index in [0.717, 1.165) is 44.9 Å². The summed E-state index contributed by atoms with van der Waals surface area (Å²) in [5.41, 5.74) is 7.20. The number of rotatable bonds is 13. The molecule has 0 unspecified atom stereocenters. The van der Waals surface area contributed by atoms with Crippen LogP contribution in [0, 0.1) is 0 Å². The summed E-state index contributed by atoms with van der Waals surface area (Å²) in [7, 11) is 7.59. The van der Waals surface area contributed by atoms with Gasteiger partial charge in [0.15, 0.2) is 0 Å². The molecule has 3 aromatic carbocycles. The monoisotopic (exact) mass is 695 g/mol. The fraction of sp³-hybridized carbons (Fsp3) is 0.244. The normalized spacial score (nSPS) is 13.8. The van der Waals surface area contributed by atoms with Crippen LogP contribution in [0.1, 0.15) is 60.8 Å². The first-order chi connectivity index (χ1) is 25.1. The number of aromatic nitrogens is 5. The molecule has 3 heterocycles. The van der Waals surface area contributed by atoms with E-state index in [4.69, 9.17) is 4.98 Å². The highest BCUT2D eigenvalue weighted by Crippen LogP contribution is 2.27. The third-order valence-electron chi connectivity index (χ3n) is 9.06. The summed E-state index contributed by atoms with van der Waals surface area (Å²) in [6.07, 6.45) is 5.37. The van der Waals surface area contributed by atoms with Gasteiger partial charge in [0.1, 0.15) is 23.7 Å². The average molecular weight is 696 g/mol. The molecule has 0 spiro atoms. The molecule has 0 aliphatic carbocycles. The van der Waals surface area contributed by atoms with Crippen LogP contribution >= 0.6 is 0 Å². The number of carbonyl (C=O) groups is 2. The fourth-order valence-corrected chi connectivity index (χ4v) is 6.31. The first-order valence-corrected chi connectivity index (χ1v) is 17.3. The number of nitrogens with one attached hydrogen (secondary N) is 4. The summed E-state index contributed by atoms with van der Waals surface area (Å²) in [6.45, 7) is 3.84. The highest BCUT2D eigenvalue weighted by Gasteiger charge is 2.26. The van der Waals surface area contributed by atoms with Gasteiger partial charge in [-0.2, -0.15) is 0 Å². The molecule has 6 aromatic rings. The maximum absolute atomic E-state index is 13.2. The Labute approximate surface area is 304 Å². The van der Waals surface area contributed by atoms with Crippen molar-refractivity contribution in [1.82, 2.24) is 45.4 Å². The Hall–Kier alpha value is -5.91. The summed E-state index contributed by atoms with van der Waals surface area (Å²) in [5.74, 6) is 1.16. The van der Waals surface area contributed by atoms with Crippen molar-refractivity contribution in [3.8, 4) is 33.8 Å². The van der Waals surface area contributed by atoms with Crippen LogP contribution in [0.4, 0.5) is 0 Å². The van der Waals surface area contributed by atoms with Crippen molar-refractivity contribution in [1.29, 1.82) is 0 Å². The fourth-order valence-electron chi connectivity index (χ4n) is 6.31. The lowest BCUT2D eigenvalue weighted by Crippen LogP contribution is -2.38. The van der Waals surface area contributed by atoms with Gasteiger partial charge in [-0.05, 0) is 70.9 Å². The van der Waals surface area contributed by atoms with Crippen molar-refractivity contribution >= 4 is 11.8 Å². The van der Waals surface area contributed by atoms with E-state index >= 15 is 0 Å². The zero-order valence-electron chi connectivity index (χ0n) is 30.3. The summed E-state index contributed by atoms with van der Waals surface area (Å²) < 4.78 is 0. The molecule has 266 valence electrons. The van der Waals surface area contributed by atoms with Crippen molar-refractivity contribution in [3.63, 3.8) is 0 Å². The third-order valence-corrected chi connectivity index (χ3v) is 9.06. The quantitative estimate of drug-likeness (QED) is 0.109. The molecule has 6 rings (SSSR count). The van der Waals surface area contributed by atoms with Crippen LogP contribution in [0.3, 0.4) is 0 Å². The van der Waals surface area contributed by atoms with E-state index in [1.54, 1.807) is 12.4 Å². The van der Waals surface area contributed by atoms with E-state index in [9.17, 15) is 9.59 Å². The van der Waals surface area contributed by atoms with E-state index < -0.39 is 12.1 Å². The highest BCUT2D eigenvalue weighted by atomic mass is 16.2. The molecule has 0 aliphatic heterocycles. The van der Waals surface area contributed by atoms with E-state index in [1.807, 2.05) is 155 Å². The van der Waals surface area contributed by atoms with Crippen LogP contribution in [0.2, 0.25) is 0 Å². The Morgan fingerprint density at radius 2 is 0.962 bits per heavy atom. The largest absolute Gasteiger partial charge is 0.345 e. The summed E-state index contributed by atoms with van der Waals surface area (Å²) >= 11 is 0. The lowest BCUT2D eigenvalue weighted by molar-refractivity contribution is -0.127. The topological polar surface area (TPSA) is 135 Å². The maximum atomic E-state index is 13.2. The summed E-state index contributed by atoms with van der Waals surface area (Å²) in [4.78, 5) is 50.9. The number of aromatic amines is 2. The Bertz CT molecular complexity index is 1920. The Morgan fingerprint density at radius 1 is 0.538 bits per heavy atom. The second kappa shape index (κ2) is 16.0. The average Bonchev–Trinajstić information content (AvgIpc) is 3.84. The standard InChI is InChI=1S/C41H45N9O2/c1-26(45-40(51)36(49(3)4)30-13-9-7-10-14-30)38-43-24-34(47-38)29-19-17-28(18-20-29)33-22-21-32(23-42-33)35-25-44-39(48-35)27(2)46-41(52)37(50(5)6)31-15-11-8-12-16-31/h7-27,36-37H,1-6H3,(H,43,47)(H,44,48)(H,45,51)(H,46,52)/t26-,27-,36+,37+/m0/s1. The number of likely N-dealkylation sites (N-methyl/N-ethyl adjacent to an activating group) is 2. The van der Waals surface area contributed by atoms with E-state index in [-0.39, 0.29) is 23.9 Å². The molecule has 11 nitrogen and oxygen atoms in total. The van der Waals surface area contributed by atoms with Gasteiger partial charge in [0.2, 0.25) is 11.8 Å². The van der Waals surface area contributed by atoms with Crippen LogP contribution in [0.25, 0.3) is 33.8 Å². The molecule has 0 radical (unpaired) electrons. The van der Waals surface area contributed by atoms with Gasteiger partial charge in [-0.1, -0.05) is 84.9 Å². The van der Waals surface area contributed by atoms with Crippen molar-refractivity contribution in [2.75, 3.05) is 28.2 Å². The van der Waals surface area contributed by atoms with Gasteiger partial charge in [0.05, 0.1) is 41.6 Å². The number of nitrogens with zero attached hydrogens (tertiary/aromatic N) is 5. The molecule has 11 heteroatoms. The number of amides is 2. The Morgan fingerprint density at radius 3 is 1.38 bits per heavy atom. The van der Waals surface area contributed by atoms with Crippen molar-refractivity contribution in [2.24, 2.45) is 0 Å². The van der Waals surface area contributed by atoms with E-state index in [2.05, 4.69) is 30.6 Å². The molecule has 52 heavy (non-hydrogen) atoms. The minimum atomic E-state index is -0.411. The molecule has 4 atom stereocenters. The molecule has 0 bridgehead atoms. The minimum Gasteiger partial charge on any atom is -0.345 e. The number of pyridine rings is 1. The maximum Gasteiger partial charge on any atom is 0.242 e. The molecular formula is C41H45N9O2. The predicted octanol–water partition coefficient (Wildman–Crippen LogP) is 6.49. The third kappa shape index (κ3) is 8.17. The Kier molecular flexibility index (Phi) is 11.0. The first-order valence-electron chi connectivity index (χ1n) is 17.3. The molecule has 3 aromatic heterocycles. The van der Waals surface area contributed by atoms with Crippen LogP contribution in [-0.4, -0.2) is 74.7 Å². The van der Waals surface area contributed by atoms with Crippen LogP contribution < -0.4 is 10.6 Å². The molecule has 0 aliphatic rings.